The molecule has 0 aliphatic heterocycles. The van der Waals surface area contributed by atoms with Gasteiger partial charge in [-0.3, -0.25) is 9.59 Å². The summed E-state index contributed by atoms with van der Waals surface area (Å²) in [7, 11) is 0. The maximum atomic E-state index is 11.9. The van der Waals surface area contributed by atoms with Crippen LogP contribution in [0.2, 0.25) is 0 Å². The predicted molar refractivity (Wildman–Crippen MR) is 115 cm³/mol. The van der Waals surface area contributed by atoms with E-state index in [1.54, 1.807) is 36.4 Å². The highest BCUT2D eigenvalue weighted by Gasteiger charge is 2.08. The van der Waals surface area contributed by atoms with E-state index in [-0.39, 0.29) is 30.4 Å². The lowest BCUT2D eigenvalue weighted by atomic mass is 10.2. The van der Waals surface area contributed by atoms with Gasteiger partial charge in [-0.2, -0.15) is 5.10 Å². The summed E-state index contributed by atoms with van der Waals surface area (Å²) in [5, 5.41) is 16.2. The highest BCUT2D eigenvalue weighted by atomic mass is 79.9. The van der Waals surface area contributed by atoms with Crippen LogP contribution in [0.3, 0.4) is 0 Å². The van der Waals surface area contributed by atoms with Crippen molar-refractivity contribution in [1.29, 1.82) is 0 Å². The number of benzene rings is 2. The van der Waals surface area contributed by atoms with E-state index >= 15 is 0 Å². The van der Waals surface area contributed by atoms with E-state index in [1.807, 2.05) is 6.92 Å². The minimum atomic E-state index is -0.380. The molecule has 0 aliphatic rings. The van der Waals surface area contributed by atoms with Crippen molar-refractivity contribution in [3.05, 3.63) is 50.9 Å². The van der Waals surface area contributed by atoms with Crippen LogP contribution in [0.1, 0.15) is 25.3 Å². The Balaban J connectivity index is 1.76. The number of nitrogens with one attached hydrogen (secondary N) is 2. The molecule has 0 fully saturated rings. The molecule has 28 heavy (non-hydrogen) atoms. The smallest absolute Gasteiger partial charge is 0.240 e. The zero-order valence-electron chi connectivity index (χ0n) is 15.0. The second-order valence-electron chi connectivity index (χ2n) is 5.63. The van der Waals surface area contributed by atoms with Gasteiger partial charge in [-0.05, 0) is 80.7 Å². The Morgan fingerprint density at radius 2 is 1.71 bits per heavy atom. The van der Waals surface area contributed by atoms with Gasteiger partial charge in [-0.1, -0.05) is 0 Å². The summed E-state index contributed by atoms with van der Waals surface area (Å²) in [5.41, 5.74) is 3.67. The number of carbonyl (C=O) groups excluding carboxylic acids is 2. The summed E-state index contributed by atoms with van der Waals surface area (Å²) in [4.78, 5) is 23.7. The number of rotatable bonds is 8. The fraction of sp³-hybridized carbons (Fsp3) is 0.211. The van der Waals surface area contributed by atoms with Crippen molar-refractivity contribution >= 4 is 55.6 Å². The van der Waals surface area contributed by atoms with Gasteiger partial charge in [0.15, 0.2) is 0 Å². The number of ether oxygens (including phenoxy) is 1. The molecule has 0 radical (unpaired) electrons. The number of hydrogen-bond acceptors (Lipinski definition) is 5. The Morgan fingerprint density at radius 3 is 2.32 bits per heavy atom. The lowest BCUT2D eigenvalue weighted by Crippen LogP contribution is -2.20. The Kier molecular flexibility index (Phi) is 8.46. The maximum absolute atomic E-state index is 11.9. The van der Waals surface area contributed by atoms with Gasteiger partial charge in [0.1, 0.15) is 11.5 Å². The number of phenols is 1. The van der Waals surface area contributed by atoms with Crippen molar-refractivity contribution in [3.8, 4) is 11.5 Å². The molecule has 7 nitrogen and oxygen atoms in total. The predicted octanol–water partition coefficient (Wildman–Crippen LogP) is 4.18. The molecule has 0 saturated carbocycles. The monoisotopic (exact) mass is 511 g/mol. The Morgan fingerprint density at radius 1 is 1.11 bits per heavy atom. The first kappa shape index (κ1) is 21.9. The first-order valence-corrected chi connectivity index (χ1v) is 10.00. The Bertz CT molecular complexity index is 847. The SMILES string of the molecule is CCOc1ccc(NC(=O)CCC(=O)N/N=C/c2cc(Br)c(O)c(Br)c2)cc1. The van der Waals surface area contributed by atoms with Gasteiger partial charge in [0, 0.05) is 18.5 Å². The fourth-order valence-corrected chi connectivity index (χ4v) is 3.37. The normalized spacial score (nSPS) is 10.7. The zero-order valence-corrected chi connectivity index (χ0v) is 18.2. The molecule has 148 valence electrons. The first-order valence-electron chi connectivity index (χ1n) is 8.41. The van der Waals surface area contributed by atoms with Crippen LogP contribution in [0.5, 0.6) is 11.5 Å². The molecule has 0 atom stereocenters. The van der Waals surface area contributed by atoms with Crippen LogP contribution in [0.25, 0.3) is 0 Å². The third kappa shape index (κ3) is 6.97. The summed E-state index contributed by atoms with van der Waals surface area (Å²) in [6, 6.07) is 10.3. The van der Waals surface area contributed by atoms with Crippen LogP contribution < -0.4 is 15.5 Å². The number of anilines is 1. The van der Waals surface area contributed by atoms with E-state index in [9.17, 15) is 14.7 Å². The number of nitrogens with zero attached hydrogens (tertiary/aromatic N) is 1. The number of hydrogen-bond donors (Lipinski definition) is 3. The Hall–Kier alpha value is -2.39. The second kappa shape index (κ2) is 10.8. The van der Waals surface area contributed by atoms with E-state index in [2.05, 4.69) is 47.7 Å². The molecule has 2 rings (SSSR count). The largest absolute Gasteiger partial charge is 0.506 e. The number of hydrazone groups is 1. The molecule has 2 aromatic rings. The number of phenolic OH excluding ortho intramolecular Hbond substituents is 1. The Labute approximate surface area is 179 Å². The molecule has 2 amide bonds. The van der Waals surface area contributed by atoms with Crippen LogP contribution in [0, 0.1) is 0 Å². The van der Waals surface area contributed by atoms with Gasteiger partial charge >= 0.3 is 0 Å². The van der Waals surface area contributed by atoms with Crippen molar-refractivity contribution in [2.45, 2.75) is 19.8 Å². The average Bonchev–Trinajstić information content (AvgIpc) is 2.66. The van der Waals surface area contributed by atoms with Gasteiger partial charge in [0.05, 0.1) is 21.8 Å². The van der Waals surface area contributed by atoms with Crippen LogP contribution in [0.15, 0.2) is 50.4 Å². The number of carbonyl (C=O) groups is 2. The number of aromatic hydroxyl groups is 1. The van der Waals surface area contributed by atoms with Gasteiger partial charge in [0.2, 0.25) is 11.8 Å². The summed E-state index contributed by atoms with van der Waals surface area (Å²) in [6.07, 6.45) is 1.47. The third-order valence-corrected chi connectivity index (χ3v) is 4.68. The third-order valence-electron chi connectivity index (χ3n) is 3.47. The first-order chi connectivity index (χ1) is 13.4. The summed E-state index contributed by atoms with van der Waals surface area (Å²) in [6.45, 7) is 2.47. The molecule has 0 bridgehead atoms. The molecule has 0 heterocycles. The summed E-state index contributed by atoms with van der Waals surface area (Å²) >= 11 is 6.43. The van der Waals surface area contributed by atoms with Crippen molar-refractivity contribution in [3.63, 3.8) is 0 Å². The maximum Gasteiger partial charge on any atom is 0.240 e. The zero-order chi connectivity index (χ0) is 20.5. The van der Waals surface area contributed by atoms with Gasteiger partial charge in [-0.15, -0.1) is 0 Å². The van der Waals surface area contributed by atoms with Crippen LogP contribution in [0.4, 0.5) is 5.69 Å². The lowest BCUT2D eigenvalue weighted by molar-refractivity contribution is -0.124. The van der Waals surface area contributed by atoms with E-state index in [1.165, 1.54) is 6.21 Å². The van der Waals surface area contributed by atoms with E-state index in [4.69, 9.17) is 4.74 Å². The average molecular weight is 513 g/mol. The lowest BCUT2D eigenvalue weighted by Gasteiger charge is -2.07. The highest BCUT2D eigenvalue weighted by Crippen LogP contribution is 2.32. The molecule has 0 aliphatic carbocycles. The van der Waals surface area contributed by atoms with Crippen LogP contribution >= 0.6 is 31.9 Å². The van der Waals surface area contributed by atoms with Crippen LogP contribution in [-0.4, -0.2) is 29.7 Å². The van der Waals surface area contributed by atoms with Gasteiger partial charge in [-0.25, -0.2) is 5.43 Å². The molecular formula is C19H19Br2N3O4. The highest BCUT2D eigenvalue weighted by molar-refractivity contribution is 9.11. The van der Waals surface area contributed by atoms with Crippen molar-refractivity contribution in [2.24, 2.45) is 5.10 Å². The van der Waals surface area contributed by atoms with Crippen molar-refractivity contribution in [1.82, 2.24) is 5.43 Å². The van der Waals surface area contributed by atoms with Crippen molar-refractivity contribution < 1.29 is 19.4 Å². The number of halogens is 2. The molecule has 3 N–H and O–H groups in total. The van der Waals surface area contributed by atoms with Crippen LogP contribution in [-0.2, 0) is 9.59 Å². The molecule has 2 aromatic carbocycles. The second-order valence-corrected chi connectivity index (χ2v) is 7.34. The standard InChI is InChI=1S/C19H19Br2N3O4/c1-2-28-14-5-3-13(4-6-14)23-17(25)7-8-18(26)24-22-11-12-9-15(20)19(27)16(21)10-12/h3-6,9-11,27H,2,7-8H2,1H3,(H,23,25)(H,24,26)/b22-11+. The minimum Gasteiger partial charge on any atom is -0.506 e. The number of amides is 2. The van der Waals surface area contributed by atoms with E-state index in [0.717, 1.165) is 5.75 Å². The van der Waals surface area contributed by atoms with E-state index in [0.29, 0.717) is 26.8 Å². The van der Waals surface area contributed by atoms with Gasteiger partial charge < -0.3 is 15.2 Å². The fourth-order valence-electron chi connectivity index (χ4n) is 2.15. The molecule has 9 heteroatoms. The molecule has 0 spiro atoms. The molecule has 0 aromatic heterocycles. The molecular weight excluding hydrogens is 494 g/mol. The molecule has 0 saturated heterocycles. The van der Waals surface area contributed by atoms with E-state index < -0.39 is 0 Å². The molecule has 0 unspecified atom stereocenters. The summed E-state index contributed by atoms with van der Waals surface area (Å²) in [5.74, 6) is 0.162. The topological polar surface area (TPSA) is 100 Å². The quantitative estimate of drug-likeness (QED) is 0.364. The minimum absolute atomic E-state index is 0.00314. The van der Waals surface area contributed by atoms with Gasteiger partial charge in [0.25, 0.3) is 0 Å². The van der Waals surface area contributed by atoms with Crippen molar-refractivity contribution in [2.75, 3.05) is 11.9 Å². The summed E-state index contributed by atoms with van der Waals surface area (Å²) < 4.78 is 6.34.